The Hall–Kier alpha value is -0.220. The van der Waals surface area contributed by atoms with Gasteiger partial charge in [-0.1, -0.05) is 6.92 Å². The highest BCUT2D eigenvalue weighted by atomic mass is 19.1. The fraction of sp³-hybridized carbons (Fsp3) is 1.00. The molecule has 2 unspecified atom stereocenters. The maximum Gasteiger partial charge on any atom is 0.131 e. The van der Waals surface area contributed by atoms with Gasteiger partial charge in [-0.3, -0.25) is 4.90 Å². The van der Waals surface area contributed by atoms with Crippen molar-refractivity contribution in [1.82, 2.24) is 4.90 Å². The molecule has 0 amide bonds. The zero-order valence-corrected chi connectivity index (χ0v) is 6.63. The van der Waals surface area contributed by atoms with Gasteiger partial charge in [-0.25, -0.2) is 8.78 Å². The fourth-order valence-corrected chi connectivity index (χ4v) is 1.30. The van der Waals surface area contributed by atoms with E-state index >= 15 is 0 Å². The summed E-state index contributed by atoms with van der Waals surface area (Å²) in [7, 11) is 0. The zero-order valence-electron chi connectivity index (χ0n) is 6.63. The lowest BCUT2D eigenvalue weighted by atomic mass is 10.0. The van der Waals surface area contributed by atoms with Crippen LogP contribution in [-0.4, -0.2) is 42.9 Å². The molecule has 1 aliphatic heterocycles. The summed E-state index contributed by atoms with van der Waals surface area (Å²) in [6.45, 7) is 3.13. The first-order valence-corrected chi connectivity index (χ1v) is 3.91. The summed E-state index contributed by atoms with van der Waals surface area (Å²) in [6, 6.07) is -0.919. The van der Waals surface area contributed by atoms with Crippen molar-refractivity contribution in [2.45, 2.75) is 25.3 Å². The van der Waals surface area contributed by atoms with Crippen LogP contribution in [0.1, 0.15) is 6.92 Å². The second-order valence-electron chi connectivity index (χ2n) is 2.96. The maximum atomic E-state index is 12.9. The summed E-state index contributed by atoms with van der Waals surface area (Å²) < 4.78 is 25.7. The molecule has 0 aromatic heterocycles. The van der Waals surface area contributed by atoms with Crippen molar-refractivity contribution in [2.75, 3.05) is 19.6 Å². The number of hydrogen-bond acceptors (Lipinski definition) is 2. The molecule has 0 spiro atoms. The first kappa shape index (κ1) is 8.87. The van der Waals surface area contributed by atoms with Crippen LogP contribution in [0.4, 0.5) is 8.78 Å². The Bertz CT molecular complexity index is 120. The van der Waals surface area contributed by atoms with Crippen LogP contribution in [0, 0.1) is 0 Å². The van der Waals surface area contributed by atoms with Crippen LogP contribution in [0.2, 0.25) is 0 Å². The molecular weight excluding hydrogens is 150 g/mol. The van der Waals surface area contributed by atoms with Gasteiger partial charge in [0.2, 0.25) is 0 Å². The highest BCUT2D eigenvalue weighted by molar-refractivity contribution is 4.89. The third-order valence-corrected chi connectivity index (χ3v) is 2.15. The lowest BCUT2D eigenvalue weighted by Crippen LogP contribution is -2.55. The predicted octanol–water partition coefficient (Wildman–Crippen LogP) is 0.325. The van der Waals surface area contributed by atoms with E-state index in [-0.39, 0.29) is 13.1 Å². The minimum Gasteiger partial charge on any atom is -0.323 e. The third-order valence-electron chi connectivity index (χ3n) is 2.15. The van der Waals surface area contributed by atoms with Crippen molar-refractivity contribution in [1.29, 1.82) is 0 Å². The molecule has 1 saturated heterocycles. The maximum absolute atomic E-state index is 12.9. The van der Waals surface area contributed by atoms with E-state index < -0.39 is 18.4 Å². The van der Waals surface area contributed by atoms with E-state index in [1.54, 1.807) is 4.90 Å². The van der Waals surface area contributed by atoms with E-state index in [2.05, 4.69) is 0 Å². The molecule has 2 atom stereocenters. The van der Waals surface area contributed by atoms with Crippen LogP contribution < -0.4 is 5.73 Å². The minimum atomic E-state index is -1.21. The molecular formula is C7H14F2N2. The summed E-state index contributed by atoms with van der Waals surface area (Å²) in [5.41, 5.74) is 5.26. The quantitative estimate of drug-likeness (QED) is 0.605. The van der Waals surface area contributed by atoms with E-state index in [9.17, 15) is 8.78 Å². The van der Waals surface area contributed by atoms with Gasteiger partial charge in [0.1, 0.15) is 12.3 Å². The number of nitrogens with two attached hydrogens (primary N) is 1. The number of nitrogens with zero attached hydrogens (tertiary/aromatic N) is 1. The number of rotatable bonds is 1. The topological polar surface area (TPSA) is 29.3 Å². The summed E-state index contributed by atoms with van der Waals surface area (Å²) in [6.07, 6.45) is -2.42. The second-order valence-corrected chi connectivity index (χ2v) is 2.96. The number of alkyl halides is 2. The molecule has 1 fully saturated rings. The van der Waals surface area contributed by atoms with Gasteiger partial charge < -0.3 is 5.73 Å². The molecule has 11 heavy (non-hydrogen) atoms. The Morgan fingerprint density at radius 2 is 1.82 bits per heavy atom. The Kier molecular flexibility index (Phi) is 2.78. The highest BCUT2D eigenvalue weighted by Crippen LogP contribution is 2.14. The summed E-state index contributed by atoms with van der Waals surface area (Å²) in [5, 5.41) is 0. The Labute approximate surface area is 65.4 Å². The minimum absolute atomic E-state index is 0.276. The molecule has 0 aromatic rings. The van der Waals surface area contributed by atoms with E-state index in [1.807, 2.05) is 6.92 Å². The van der Waals surface area contributed by atoms with Crippen molar-refractivity contribution in [3.63, 3.8) is 0 Å². The Morgan fingerprint density at radius 3 is 2.18 bits per heavy atom. The number of hydrogen-bond donors (Lipinski definition) is 1. The number of likely N-dealkylation sites (tertiary alicyclic amines) is 1. The molecule has 4 heteroatoms. The van der Waals surface area contributed by atoms with Gasteiger partial charge >= 0.3 is 0 Å². The smallest absolute Gasteiger partial charge is 0.131 e. The van der Waals surface area contributed by atoms with Gasteiger partial charge in [0.15, 0.2) is 0 Å². The van der Waals surface area contributed by atoms with Crippen molar-refractivity contribution in [3.8, 4) is 0 Å². The van der Waals surface area contributed by atoms with Gasteiger partial charge in [0.25, 0.3) is 0 Å². The number of halogens is 2. The van der Waals surface area contributed by atoms with Gasteiger partial charge in [-0.2, -0.15) is 0 Å². The normalized spacial score (nSPS) is 40.9. The van der Waals surface area contributed by atoms with Crippen molar-refractivity contribution in [3.05, 3.63) is 0 Å². The van der Waals surface area contributed by atoms with Crippen LogP contribution in [0.15, 0.2) is 0 Å². The molecule has 0 saturated carbocycles. The molecule has 0 bridgehead atoms. The molecule has 0 aliphatic carbocycles. The monoisotopic (exact) mass is 164 g/mol. The molecule has 2 N–H and O–H groups in total. The Balaban J connectivity index is 2.47. The van der Waals surface area contributed by atoms with Crippen LogP contribution in [0.25, 0.3) is 0 Å². The molecule has 1 rings (SSSR count). The summed E-state index contributed by atoms with van der Waals surface area (Å²) >= 11 is 0. The fourth-order valence-electron chi connectivity index (χ4n) is 1.30. The largest absolute Gasteiger partial charge is 0.323 e. The first-order valence-electron chi connectivity index (χ1n) is 3.91. The number of piperidine rings is 1. The van der Waals surface area contributed by atoms with E-state index in [0.717, 1.165) is 0 Å². The van der Waals surface area contributed by atoms with Crippen LogP contribution in [0.3, 0.4) is 0 Å². The lowest BCUT2D eigenvalue weighted by molar-refractivity contribution is 0.0569. The van der Waals surface area contributed by atoms with Crippen LogP contribution >= 0.6 is 0 Å². The molecule has 66 valence electrons. The van der Waals surface area contributed by atoms with Gasteiger partial charge in [0, 0.05) is 13.1 Å². The highest BCUT2D eigenvalue weighted by Gasteiger charge is 2.33. The molecule has 2 nitrogen and oxygen atoms in total. The lowest BCUT2D eigenvalue weighted by Gasteiger charge is -2.34. The summed E-state index contributed by atoms with van der Waals surface area (Å²) in [5.74, 6) is 0. The summed E-state index contributed by atoms with van der Waals surface area (Å²) in [4.78, 5) is 1.73. The van der Waals surface area contributed by atoms with Crippen LogP contribution in [0.5, 0.6) is 0 Å². The van der Waals surface area contributed by atoms with Crippen molar-refractivity contribution >= 4 is 0 Å². The molecule has 0 radical (unpaired) electrons. The van der Waals surface area contributed by atoms with Gasteiger partial charge in [-0.15, -0.1) is 0 Å². The van der Waals surface area contributed by atoms with Crippen molar-refractivity contribution < 1.29 is 8.78 Å². The SMILES string of the molecule is CCN1CC(F)C(N)C(F)C1. The second kappa shape index (κ2) is 3.45. The third kappa shape index (κ3) is 1.87. The average molecular weight is 164 g/mol. The predicted molar refractivity (Wildman–Crippen MR) is 39.9 cm³/mol. The Morgan fingerprint density at radius 1 is 1.36 bits per heavy atom. The van der Waals surface area contributed by atoms with E-state index in [1.165, 1.54) is 0 Å². The van der Waals surface area contributed by atoms with Gasteiger partial charge in [-0.05, 0) is 6.54 Å². The zero-order chi connectivity index (χ0) is 8.43. The first-order chi connectivity index (χ1) is 5.15. The van der Waals surface area contributed by atoms with Gasteiger partial charge in [0.05, 0.1) is 6.04 Å². The standard InChI is InChI=1S/C7H14F2N2/c1-2-11-3-5(8)7(10)6(9)4-11/h5-7H,2-4,10H2,1H3. The van der Waals surface area contributed by atoms with E-state index in [4.69, 9.17) is 5.73 Å². The molecule has 0 aromatic carbocycles. The van der Waals surface area contributed by atoms with E-state index in [0.29, 0.717) is 6.54 Å². The average Bonchev–Trinajstić information content (AvgIpc) is 1.99. The van der Waals surface area contributed by atoms with Crippen molar-refractivity contribution in [2.24, 2.45) is 5.73 Å². The van der Waals surface area contributed by atoms with Crippen LogP contribution in [-0.2, 0) is 0 Å². The molecule has 1 aliphatic rings. The molecule has 1 heterocycles.